The number of halogens is 3. The SMILES string of the molecule is COc1ccc(C23OC(=N)C(C#N)(C2C)C(C#N)(C#N)C(c2cccc(C(F)(F)F)c2)O3)cc1. The third-order valence-electron chi connectivity index (χ3n) is 6.68. The van der Waals surface area contributed by atoms with Crippen LogP contribution < -0.4 is 4.74 Å². The van der Waals surface area contributed by atoms with E-state index in [1.807, 2.05) is 18.2 Å². The number of nitriles is 3. The van der Waals surface area contributed by atoms with E-state index in [4.69, 9.17) is 19.6 Å². The van der Waals surface area contributed by atoms with Gasteiger partial charge in [0.15, 0.2) is 5.41 Å². The summed E-state index contributed by atoms with van der Waals surface area (Å²) in [5.41, 5.74) is -5.28. The summed E-state index contributed by atoms with van der Waals surface area (Å²) in [6, 6.07) is 15.9. The van der Waals surface area contributed by atoms with E-state index in [0.717, 1.165) is 18.2 Å². The monoisotopic (exact) mass is 466 g/mol. The van der Waals surface area contributed by atoms with Crippen molar-refractivity contribution < 1.29 is 27.4 Å². The van der Waals surface area contributed by atoms with Crippen LogP contribution >= 0.6 is 0 Å². The summed E-state index contributed by atoms with van der Waals surface area (Å²) in [5.74, 6) is -3.00. The van der Waals surface area contributed by atoms with Crippen LogP contribution in [-0.2, 0) is 21.4 Å². The fourth-order valence-electron chi connectivity index (χ4n) is 4.87. The van der Waals surface area contributed by atoms with Gasteiger partial charge >= 0.3 is 6.18 Å². The first-order valence-electron chi connectivity index (χ1n) is 10.1. The van der Waals surface area contributed by atoms with Gasteiger partial charge in [0.05, 0.1) is 36.8 Å². The lowest BCUT2D eigenvalue weighted by molar-refractivity contribution is -0.288. The highest BCUT2D eigenvalue weighted by molar-refractivity contribution is 5.89. The fourth-order valence-corrected chi connectivity index (χ4v) is 4.87. The Balaban J connectivity index is 2.01. The van der Waals surface area contributed by atoms with Gasteiger partial charge in [-0.15, -0.1) is 0 Å². The maximum atomic E-state index is 13.4. The van der Waals surface area contributed by atoms with E-state index in [-0.39, 0.29) is 5.56 Å². The van der Waals surface area contributed by atoms with Crippen LogP contribution in [0.4, 0.5) is 13.2 Å². The first-order valence-corrected chi connectivity index (χ1v) is 10.1. The van der Waals surface area contributed by atoms with Crippen LogP contribution in [0.25, 0.3) is 0 Å². The average molecular weight is 466 g/mol. The molecule has 10 heteroatoms. The highest BCUT2D eigenvalue weighted by atomic mass is 19.4. The molecule has 1 N–H and O–H groups in total. The highest BCUT2D eigenvalue weighted by Gasteiger charge is 2.79. The van der Waals surface area contributed by atoms with Crippen molar-refractivity contribution in [1.29, 1.82) is 21.2 Å². The van der Waals surface area contributed by atoms with Crippen LogP contribution in [0.15, 0.2) is 48.5 Å². The molecule has 2 aromatic rings. The van der Waals surface area contributed by atoms with E-state index in [0.29, 0.717) is 11.3 Å². The Hall–Kier alpha value is -4.07. The first kappa shape index (κ1) is 23.1. The van der Waals surface area contributed by atoms with Gasteiger partial charge in [0, 0.05) is 5.56 Å². The van der Waals surface area contributed by atoms with Crippen LogP contribution in [0, 0.1) is 56.2 Å². The molecule has 0 amide bonds. The van der Waals surface area contributed by atoms with Gasteiger partial charge in [-0.25, -0.2) is 0 Å². The second kappa shape index (κ2) is 7.48. The fraction of sp³-hybridized carbons (Fsp3) is 0.333. The van der Waals surface area contributed by atoms with Crippen molar-refractivity contribution in [2.75, 3.05) is 7.11 Å². The molecule has 2 heterocycles. The molecule has 0 saturated carbocycles. The molecule has 34 heavy (non-hydrogen) atoms. The van der Waals surface area contributed by atoms with Crippen molar-refractivity contribution >= 4 is 5.90 Å². The minimum atomic E-state index is -4.69. The second-order valence-corrected chi connectivity index (χ2v) is 8.12. The summed E-state index contributed by atoms with van der Waals surface area (Å²) in [6.07, 6.45) is -6.33. The van der Waals surface area contributed by atoms with Crippen LogP contribution in [0.2, 0.25) is 0 Å². The van der Waals surface area contributed by atoms with Gasteiger partial charge in [-0.2, -0.15) is 29.0 Å². The molecule has 4 rings (SSSR count). The largest absolute Gasteiger partial charge is 0.497 e. The number of benzene rings is 2. The quantitative estimate of drug-likeness (QED) is 0.692. The van der Waals surface area contributed by atoms with Crippen molar-refractivity contribution in [2.24, 2.45) is 16.7 Å². The highest BCUT2D eigenvalue weighted by Crippen LogP contribution is 2.69. The Bertz CT molecular complexity index is 1270. The molecule has 2 aliphatic rings. The Kier molecular flexibility index (Phi) is 5.08. The molecule has 2 aromatic carbocycles. The number of ether oxygens (including phenoxy) is 3. The number of nitrogens with zero attached hydrogens (tertiary/aromatic N) is 3. The van der Waals surface area contributed by atoms with E-state index in [9.17, 15) is 29.0 Å². The molecule has 7 nitrogen and oxygen atoms in total. The number of alkyl halides is 3. The third-order valence-corrected chi connectivity index (χ3v) is 6.68. The Morgan fingerprint density at radius 1 is 1.03 bits per heavy atom. The van der Waals surface area contributed by atoms with Crippen molar-refractivity contribution in [1.82, 2.24) is 0 Å². The van der Waals surface area contributed by atoms with E-state index in [2.05, 4.69) is 0 Å². The smallest absolute Gasteiger partial charge is 0.416 e. The Morgan fingerprint density at radius 3 is 2.21 bits per heavy atom. The van der Waals surface area contributed by atoms with Gasteiger partial charge in [0.25, 0.3) is 0 Å². The van der Waals surface area contributed by atoms with Crippen molar-refractivity contribution in [3.63, 3.8) is 0 Å². The van der Waals surface area contributed by atoms with Gasteiger partial charge in [0.1, 0.15) is 11.9 Å². The number of hydrogen-bond acceptors (Lipinski definition) is 7. The molecule has 0 radical (unpaired) electrons. The zero-order chi connectivity index (χ0) is 24.9. The van der Waals surface area contributed by atoms with Crippen molar-refractivity contribution in [3.05, 3.63) is 65.2 Å². The predicted octanol–water partition coefficient (Wildman–Crippen LogP) is 4.83. The van der Waals surface area contributed by atoms with Gasteiger partial charge in [-0.05, 0) is 42.0 Å². The zero-order valence-electron chi connectivity index (χ0n) is 18.0. The Labute approximate surface area is 193 Å². The lowest BCUT2D eigenvalue weighted by Crippen LogP contribution is -2.57. The molecule has 2 fully saturated rings. The third kappa shape index (κ3) is 2.74. The maximum Gasteiger partial charge on any atom is 0.416 e. The number of fused-ring (bicyclic) bond motifs is 2. The second-order valence-electron chi connectivity index (χ2n) is 8.12. The maximum absolute atomic E-state index is 13.4. The van der Waals surface area contributed by atoms with E-state index >= 15 is 0 Å². The summed E-state index contributed by atoms with van der Waals surface area (Å²) in [6.45, 7) is 1.51. The van der Waals surface area contributed by atoms with Gasteiger partial charge in [-0.1, -0.05) is 19.1 Å². The molecule has 2 bridgehead atoms. The predicted molar refractivity (Wildman–Crippen MR) is 110 cm³/mol. The number of rotatable bonds is 3. The first-order chi connectivity index (χ1) is 16.1. The van der Waals surface area contributed by atoms with E-state index in [1.54, 1.807) is 24.3 Å². The number of hydrogen-bond donors (Lipinski definition) is 1. The standard InChI is InChI=1S/C24H17F3N4O3/c1-14-22(13-30)20(31)34-23(14,16-6-8-18(32-2)9-7-16)33-19(21(22,11-28)12-29)15-4-3-5-17(10-15)24(25,26)27/h3-10,14,19,31H,1-2H3. The number of methoxy groups -OCH3 is 1. The van der Waals surface area contributed by atoms with E-state index < -0.39 is 46.3 Å². The summed E-state index contributed by atoms with van der Waals surface area (Å²) < 4.78 is 57.5. The molecular formula is C24H17F3N4O3. The van der Waals surface area contributed by atoms with Crippen molar-refractivity contribution in [3.8, 4) is 24.0 Å². The van der Waals surface area contributed by atoms with Gasteiger partial charge in [-0.3, -0.25) is 5.41 Å². The van der Waals surface area contributed by atoms with Crippen molar-refractivity contribution in [2.45, 2.75) is 25.0 Å². The summed E-state index contributed by atoms with van der Waals surface area (Å²) in [5, 5.41) is 39.2. The molecule has 172 valence electrons. The topological polar surface area (TPSA) is 123 Å². The van der Waals surface area contributed by atoms with Crippen LogP contribution in [0.5, 0.6) is 5.75 Å². The molecule has 0 aromatic heterocycles. The van der Waals surface area contributed by atoms with Crippen LogP contribution in [0.3, 0.4) is 0 Å². The lowest BCUT2D eigenvalue weighted by atomic mass is 9.53. The molecule has 2 aliphatic heterocycles. The number of nitrogens with one attached hydrogen (secondary N) is 1. The zero-order valence-corrected chi connectivity index (χ0v) is 18.0. The van der Waals surface area contributed by atoms with Gasteiger partial charge in [0.2, 0.25) is 17.1 Å². The minimum absolute atomic E-state index is 0.138. The summed E-state index contributed by atoms with van der Waals surface area (Å²) >= 11 is 0. The van der Waals surface area contributed by atoms with E-state index in [1.165, 1.54) is 20.1 Å². The lowest BCUT2D eigenvalue weighted by Gasteiger charge is -2.48. The van der Waals surface area contributed by atoms with Crippen LogP contribution in [0.1, 0.15) is 29.7 Å². The molecular weight excluding hydrogens is 449 g/mol. The molecule has 0 spiro atoms. The average Bonchev–Trinajstić information content (AvgIpc) is 3.00. The molecule has 4 atom stereocenters. The normalized spacial score (nSPS) is 29.3. The minimum Gasteiger partial charge on any atom is -0.497 e. The molecule has 4 unspecified atom stereocenters. The molecule has 2 saturated heterocycles. The van der Waals surface area contributed by atoms with Gasteiger partial charge < -0.3 is 14.2 Å². The van der Waals surface area contributed by atoms with Crippen LogP contribution in [-0.4, -0.2) is 13.0 Å². The summed E-state index contributed by atoms with van der Waals surface area (Å²) in [4.78, 5) is 0. The molecule has 0 aliphatic carbocycles. The Morgan fingerprint density at radius 2 is 1.68 bits per heavy atom. The summed E-state index contributed by atoms with van der Waals surface area (Å²) in [7, 11) is 1.47.